The highest BCUT2D eigenvalue weighted by atomic mass is 16.3. The van der Waals surface area contributed by atoms with Crippen molar-refractivity contribution < 1.29 is 9.67 Å². The molecule has 0 aromatic carbocycles. The second-order valence-electron chi connectivity index (χ2n) is 3.18. The molecule has 1 heterocycles. The number of aryl methyl sites for hydroxylation is 1. The highest BCUT2D eigenvalue weighted by Crippen LogP contribution is 2.11. The zero-order valence-corrected chi connectivity index (χ0v) is 7.23. The molecule has 1 rings (SSSR count). The first kappa shape index (κ1) is 8.27. The molecule has 1 aromatic rings. The van der Waals surface area contributed by atoms with Crippen LogP contribution in [0.25, 0.3) is 0 Å². The fourth-order valence-electron chi connectivity index (χ4n) is 0.970. The van der Waals surface area contributed by atoms with Gasteiger partial charge in [0.1, 0.15) is 12.4 Å². The van der Waals surface area contributed by atoms with Gasteiger partial charge in [-0.1, -0.05) is 13.8 Å². The molecule has 1 unspecified atom stereocenters. The first-order chi connectivity index (χ1) is 5.11. The lowest BCUT2D eigenvalue weighted by atomic mass is 10.2. The van der Waals surface area contributed by atoms with E-state index in [-0.39, 0.29) is 5.92 Å². The van der Waals surface area contributed by atoms with Crippen molar-refractivity contribution in [2.75, 3.05) is 0 Å². The minimum absolute atomic E-state index is 0.252. The molecule has 0 saturated heterocycles. The number of hydrogen-bond acceptors (Lipinski definition) is 1. The standard InChI is InChI=1S/C8H15N2O/c1-7(2)8(11)10-5-4-9(3)6-10/h4-8,11H,1-3H3/q+1. The Hall–Kier alpha value is -0.830. The Morgan fingerprint density at radius 3 is 2.45 bits per heavy atom. The molecule has 0 aliphatic rings. The molecule has 0 saturated carbocycles. The summed E-state index contributed by atoms with van der Waals surface area (Å²) in [6.07, 6.45) is 5.23. The Morgan fingerprint density at radius 1 is 1.45 bits per heavy atom. The van der Waals surface area contributed by atoms with Crippen molar-refractivity contribution in [2.24, 2.45) is 13.0 Å². The van der Waals surface area contributed by atoms with E-state index >= 15 is 0 Å². The van der Waals surface area contributed by atoms with Crippen molar-refractivity contribution in [1.82, 2.24) is 4.57 Å². The Labute approximate surface area is 66.9 Å². The summed E-state index contributed by atoms with van der Waals surface area (Å²) >= 11 is 0. The van der Waals surface area contributed by atoms with Crippen LogP contribution in [0.15, 0.2) is 18.7 Å². The molecule has 0 amide bonds. The largest absolute Gasteiger partial charge is 0.355 e. The molecular formula is C8H15N2O+. The Morgan fingerprint density at radius 2 is 2.09 bits per heavy atom. The quantitative estimate of drug-likeness (QED) is 0.618. The van der Waals surface area contributed by atoms with E-state index in [4.69, 9.17) is 0 Å². The summed E-state index contributed by atoms with van der Waals surface area (Å²) in [5, 5.41) is 9.56. The van der Waals surface area contributed by atoms with Crippen molar-refractivity contribution in [1.29, 1.82) is 0 Å². The first-order valence-electron chi connectivity index (χ1n) is 3.82. The van der Waals surface area contributed by atoms with Crippen LogP contribution in [0, 0.1) is 5.92 Å². The average molecular weight is 155 g/mol. The van der Waals surface area contributed by atoms with E-state index in [1.807, 2.05) is 44.2 Å². The zero-order valence-electron chi connectivity index (χ0n) is 7.23. The predicted octanol–water partition coefficient (Wildman–Crippen LogP) is 0.459. The van der Waals surface area contributed by atoms with Crippen LogP contribution in [0.1, 0.15) is 20.1 Å². The normalized spacial score (nSPS) is 13.9. The maximum atomic E-state index is 9.56. The molecule has 11 heavy (non-hydrogen) atoms. The molecule has 0 radical (unpaired) electrons. The molecule has 3 nitrogen and oxygen atoms in total. The number of aliphatic hydroxyl groups excluding tert-OH is 1. The van der Waals surface area contributed by atoms with Gasteiger partial charge in [-0.05, 0) is 0 Å². The summed E-state index contributed by atoms with van der Waals surface area (Å²) in [5.74, 6) is 0.252. The lowest BCUT2D eigenvalue weighted by Gasteiger charge is -2.09. The van der Waals surface area contributed by atoms with Gasteiger partial charge in [0, 0.05) is 5.92 Å². The van der Waals surface area contributed by atoms with E-state index in [9.17, 15) is 5.11 Å². The summed E-state index contributed by atoms with van der Waals surface area (Å²) in [6, 6.07) is 0. The second-order valence-corrected chi connectivity index (χ2v) is 3.18. The lowest BCUT2D eigenvalue weighted by molar-refractivity contribution is -0.671. The van der Waals surface area contributed by atoms with Crippen LogP contribution in [0.2, 0.25) is 0 Å². The van der Waals surface area contributed by atoms with Crippen LogP contribution in [0.4, 0.5) is 0 Å². The van der Waals surface area contributed by atoms with Gasteiger partial charge in [-0.25, -0.2) is 9.13 Å². The first-order valence-corrected chi connectivity index (χ1v) is 3.82. The summed E-state index contributed by atoms with van der Waals surface area (Å²) in [5.41, 5.74) is 0. The van der Waals surface area contributed by atoms with Gasteiger partial charge in [-0.15, -0.1) is 0 Å². The summed E-state index contributed by atoms with van der Waals surface area (Å²) in [6.45, 7) is 3.98. The molecule has 0 fully saturated rings. The molecule has 1 aromatic heterocycles. The van der Waals surface area contributed by atoms with Gasteiger partial charge in [0.2, 0.25) is 12.6 Å². The van der Waals surface area contributed by atoms with Crippen molar-refractivity contribution in [2.45, 2.75) is 20.1 Å². The molecule has 1 atom stereocenters. The van der Waals surface area contributed by atoms with Gasteiger partial charge in [0.05, 0.1) is 7.05 Å². The highest BCUT2D eigenvalue weighted by Gasteiger charge is 2.15. The fourth-order valence-corrected chi connectivity index (χ4v) is 0.970. The zero-order chi connectivity index (χ0) is 8.43. The van der Waals surface area contributed by atoms with Crippen LogP contribution in [0.3, 0.4) is 0 Å². The van der Waals surface area contributed by atoms with E-state index in [1.54, 1.807) is 4.57 Å². The SMILES string of the molecule is CC(C)C(O)n1cc[n+](C)c1. The summed E-state index contributed by atoms with van der Waals surface area (Å²) in [7, 11) is 1.93. The molecule has 0 aliphatic heterocycles. The lowest BCUT2D eigenvalue weighted by Crippen LogP contribution is -2.25. The van der Waals surface area contributed by atoms with Crippen LogP contribution in [0.5, 0.6) is 0 Å². The Kier molecular flexibility index (Phi) is 2.29. The minimum Gasteiger partial charge on any atom is -0.355 e. The molecule has 1 N–H and O–H groups in total. The number of rotatable bonds is 2. The van der Waals surface area contributed by atoms with Gasteiger partial charge >= 0.3 is 0 Å². The maximum absolute atomic E-state index is 9.56. The minimum atomic E-state index is -0.406. The number of aromatic nitrogens is 2. The third-order valence-electron chi connectivity index (χ3n) is 1.69. The second kappa shape index (κ2) is 3.05. The molecule has 0 aliphatic carbocycles. The van der Waals surface area contributed by atoms with Crippen molar-refractivity contribution in [3.63, 3.8) is 0 Å². The number of aliphatic hydroxyl groups is 1. The fraction of sp³-hybridized carbons (Fsp3) is 0.625. The number of imidazole rings is 1. The summed E-state index contributed by atoms with van der Waals surface area (Å²) in [4.78, 5) is 0. The summed E-state index contributed by atoms with van der Waals surface area (Å²) < 4.78 is 3.70. The molecule has 3 heteroatoms. The van der Waals surface area contributed by atoms with E-state index in [2.05, 4.69) is 0 Å². The van der Waals surface area contributed by atoms with Crippen molar-refractivity contribution in [3.8, 4) is 0 Å². The highest BCUT2D eigenvalue weighted by molar-refractivity contribution is 4.70. The van der Waals surface area contributed by atoms with Gasteiger partial charge in [0.15, 0.2) is 0 Å². The van der Waals surface area contributed by atoms with Crippen molar-refractivity contribution >= 4 is 0 Å². The van der Waals surface area contributed by atoms with E-state index < -0.39 is 6.23 Å². The number of hydrogen-bond donors (Lipinski definition) is 1. The van der Waals surface area contributed by atoms with Crippen LogP contribution in [-0.2, 0) is 7.05 Å². The van der Waals surface area contributed by atoms with E-state index in [0.717, 1.165) is 0 Å². The number of nitrogens with zero attached hydrogens (tertiary/aromatic N) is 2. The van der Waals surface area contributed by atoms with E-state index in [1.165, 1.54) is 0 Å². The smallest absolute Gasteiger partial charge is 0.245 e. The molecular weight excluding hydrogens is 140 g/mol. The molecule has 0 spiro atoms. The third kappa shape index (κ3) is 1.80. The molecule has 62 valence electrons. The predicted molar refractivity (Wildman–Crippen MR) is 41.7 cm³/mol. The van der Waals surface area contributed by atoms with E-state index in [0.29, 0.717) is 0 Å². The topological polar surface area (TPSA) is 29.0 Å². The Balaban J connectivity index is 2.76. The van der Waals surface area contributed by atoms with Gasteiger partial charge in [0.25, 0.3) is 0 Å². The Bertz CT molecular complexity index is 230. The van der Waals surface area contributed by atoms with Crippen LogP contribution >= 0.6 is 0 Å². The van der Waals surface area contributed by atoms with Gasteiger partial charge in [-0.2, -0.15) is 0 Å². The third-order valence-corrected chi connectivity index (χ3v) is 1.69. The van der Waals surface area contributed by atoms with Crippen LogP contribution in [-0.4, -0.2) is 9.67 Å². The monoisotopic (exact) mass is 155 g/mol. The van der Waals surface area contributed by atoms with Crippen molar-refractivity contribution in [3.05, 3.63) is 18.7 Å². The van der Waals surface area contributed by atoms with Crippen LogP contribution < -0.4 is 4.57 Å². The van der Waals surface area contributed by atoms with Gasteiger partial charge in [-0.3, -0.25) is 0 Å². The maximum Gasteiger partial charge on any atom is 0.245 e. The average Bonchev–Trinajstić information content (AvgIpc) is 2.34. The molecule has 0 bridgehead atoms. The van der Waals surface area contributed by atoms with Gasteiger partial charge < -0.3 is 5.11 Å².